The van der Waals surface area contributed by atoms with E-state index in [1.807, 2.05) is 24.3 Å². The lowest BCUT2D eigenvalue weighted by Gasteiger charge is -2.19. The third kappa shape index (κ3) is 4.75. The van der Waals surface area contributed by atoms with Gasteiger partial charge < -0.3 is 15.6 Å². The second kappa shape index (κ2) is 5.87. The minimum Gasteiger partial charge on any atom is -0.492 e. The van der Waals surface area contributed by atoms with Crippen LogP contribution >= 0.6 is 0 Å². The maximum absolute atomic E-state index is 10.4. The first kappa shape index (κ1) is 14.5. The summed E-state index contributed by atoms with van der Waals surface area (Å²) in [4.78, 5) is 10.4. The van der Waals surface area contributed by atoms with E-state index < -0.39 is 12.0 Å². The molecule has 0 bridgehead atoms. The number of nitrogens with two attached hydrogens (primary N) is 1. The van der Waals surface area contributed by atoms with Crippen molar-refractivity contribution in [1.82, 2.24) is 0 Å². The first-order chi connectivity index (χ1) is 8.29. The lowest BCUT2D eigenvalue weighted by Crippen LogP contribution is -2.30. The minimum atomic E-state index is -0.908. The number of carboxylic acid groups (broad SMARTS) is 1. The van der Waals surface area contributed by atoms with Crippen LogP contribution in [0.4, 0.5) is 0 Å². The van der Waals surface area contributed by atoms with Gasteiger partial charge in [-0.25, -0.2) is 0 Å². The second-order valence-electron chi connectivity index (χ2n) is 5.44. The quantitative estimate of drug-likeness (QED) is 0.841. The Morgan fingerprint density at radius 3 is 2.33 bits per heavy atom. The molecule has 0 aliphatic heterocycles. The van der Waals surface area contributed by atoms with Gasteiger partial charge in [-0.1, -0.05) is 32.9 Å². The largest absolute Gasteiger partial charge is 0.492 e. The normalized spacial score (nSPS) is 13.1. The van der Waals surface area contributed by atoms with Gasteiger partial charge in [0, 0.05) is 6.04 Å². The van der Waals surface area contributed by atoms with E-state index in [-0.39, 0.29) is 18.4 Å². The van der Waals surface area contributed by atoms with Crippen molar-refractivity contribution in [3.8, 4) is 5.75 Å². The van der Waals surface area contributed by atoms with Crippen LogP contribution in [0.15, 0.2) is 24.3 Å². The van der Waals surface area contributed by atoms with Crippen molar-refractivity contribution in [2.24, 2.45) is 5.73 Å². The van der Waals surface area contributed by atoms with E-state index in [9.17, 15) is 4.79 Å². The third-order valence-electron chi connectivity index (χ3n) is 2.62. The van der Waals surface area contributed by atoms with Crippen LogP contribution in [0.3, 0.4) is 0 Å². The van der Waals surface area contributed by atoms with Gasteiger partial charge >= 0.3 is 5.97 Å². The number of benzene rings is 1. The summed E-state index contributed by atoms with van der Waals surface area (Å²) >= 11 is 0. The number of rotatable bonds is 5. The summed E-state index contributed by atoms with van der Waals surface area (Å²) in [7, 11) is 0. The Bertz CT molecular complexity index is 392. The number of hydrogen-bond acceptors (Lipinski definition) is 3. The van der Waals surface area contributed by atoms with Crippen LogP contribution in [0.5, 0.6) is 5.75 Å². The van der Waals surface area contributed by atoms with Gasteiger partial charge in [0.15, 0.2) is 0 Å². The lowest BCUT2D eigenvalue weighted by atomic mass is 9.87. The molecule has 1 aromatic carbocycles. The van der Waals surface area contributed by atoms with Crippen LogP contribution in [0, 0.1) is 0 Å². The first-order valence-corrected chi connectivity index (χ1v) is 6.00. The summed E-state index contributed by atoms with van der Waals surface area (Å²) < 4.78 is 5.45. The molecule has 1 rings (SSSR count). The Labute approximate surface area is 108 Å². The fourth-order valence-electron chi connectivity index (χ4n) is 1.54. The molecule has 0 saturated carbocycles. The molecule has 0 radical (unpaired) electrons. The molecule has 0 saturated heterocycles. The van der Waals surface area contributed by atoms with Gasteiger partial charge in [0.2, 0.25) is 0 Å². The molecule has 1 unspecified atom stereocenters. The highest BCUT2D eigenvalue weighted by Crippen LogP contribution is 2.24. The van der Waals surface area contributed by atoms with Gasteiger partial charge in [0.25, 0.3) is 0 Å². The van der Waals surface area contributed by atoms with Crippen LogP contribution in [0.25, 0.3) is 0 Å². The van der Waals surface area contributed by atoms with E-state index in [0.29, 0.717) is 5.75 Å². The molecular weight excluding hydrogens is 230 g/mol. The van der Waals surface area contributed by atoms with Gasteiger partial charge in [-0.05, 0) is 23.1 Å². The topological polar surface area (TPSA) is 72.5 Å². The molecule has 18 heavy (non-hydrogen) atoms. The average Bonchev–Trinajstić information content (AvgIpc) is 2.25. The smallest absolute Gasteiger partial charge is 0.305 e. The fraction of sp³-hybridized carbons (Fsp3) is 0.500. The summed E-state index contributed by atoms with van der Waals surface area (Å²) in [5.74, 6) is -0.196. The predicted molar refractivity (Wildman–Crippen MR) is 70.9 cm³/mol. The first-order valence-electron chi connectivity index (χ1n) is 6.00. The molecule has 1 atom stereocenters. The SMILES string of the molecule is CC(C)(C)c1ccc(OCC(N)CC(=O)O)cc1. The summed E-state index contributed by atoms with van der Waals surface area (Å²) in [5.41, 5.74) is 6.95. The van der Waals surface area contributed by atoms with Crippen molar-refractivity contribution >= 4 is 5.97 Å². The number of aliphatic carboxylic acids is 1. The van der Waals surface area contributed by atoms with Gasteiger partial charge in [-0.15, -0.1) is 0 Å². The van der Waals surface area contributed by atoms with E-state index in [2.05, 4.69) is 20.8 Å². The fourth-order valence-corrected chi connectivity index (χ4v) is 1.54. The Morgan fingerprint density at radius 1 is 1.33 bits per heavy atom. The monoisotopic (exact) mass is 251 g/mol. The van der Waals surface area contributed by atoms with Crippen LogP contribution < -0.4 is 10.5 Å². The summed E-state index contributed by atoms with van der Waals surface area (Å²) in [6.45, 7) is 6.64. The predicted octanol–water partition coefficient (Wildman–Crippen LogP) is 2.16. The van der Waals surface area contributed by atoms with Crippen molar-refractivity contribution < 1.29 is 14.6 Å². The van der Waals surface area contributed by atoms with Crippen LogP contribution in [0.1, 0.15) is 32.8 Å². The van der Waals surface area contributed by atoms with E-state index in [4.69, 9.17) is 15.6 Å². The Morgan fingerprint density at radius 2 is 1.89 bits per heavy atom. The van der Waals surface area contributed by atoms with E-state index in [0.717, 1.165) is 0 Å². The van der Waals surface area contributed by atoms with Crippen LogP contribution in [0.2, 0.25) is 0 Å². The molecular formula is C14H21NO3. The molecule has 100 valence electrons. The number of ether oxygens (including phenoxy) is 1. The van der Waals surface area contributed by atoms with Gasteiger partial charge in [-0.3, -0.25) is 4.79 Å². The van der Waals surface area contributed by atoms with Gasteiger partial charge in [-0.2, -0.15) is 0 Å². The molecule has 0 aliphatic carbocycles. The maximum Gasteiger partial charge on any atom is 0.305 e. The highest BCUT2D eigenvalue weighted by molar-refractivity contribution is 5.67. The summed E-state index contributed by atoms with van der Waals surface area (Å²) in [6, 6.07) is 7.31. The number of carbonyl (C=O) groups is 1. The molecule has 0 aromatic heterocycles. The zero-order valence-electron chi connectivity index (χ0n) is 11.1. The Hall–Kier alpha value is -1.55. The average molecular weight is 251 g/mol. The minimum absolute atomic E-state index is 0.0833. The second-order valence-corrected chi connectivity index (χ2v) is 5.44. The third-order valence-corrected chi connectivity index (χ3v) is 2.62. The molecule has 0 aliphatic rings. The van der Waals surface area contributed by atoms with Crippen LogP contribution in [-0.4, -0.2) is 23.7 Å². The van der Waals surface area contributed by atoms with Crippen molar-refractivity contribution in [1.29, 1.82) is 0 Å². The van der Waals surface area contributed by atoms with Crippen LogP contribution in [-0.2, 0) is 10.2 Å². The molecule has 4 nitrogen and oxygen atoms in total. The highest BCUT2D eigenvalue weighted by atomic mass is 16.5. The standard InChI is InChI=1S/C14H21NO3/c1-14(2,3)10-4-6-12(7-5-10)18-9-11(15)8-13(16)17/h4-7,11H,8-9,15H2,1-3H3,(H,16,17). The molecule has 3 N–H and O–H groups in total. The lowest BCUT2D eigenvalue weighted by molar-refractivity contribution is -0.137. The Balaban J connectivity index is 2.52. The van der Waals surface area contributed by atoms with Crippen molar-refractivity contribution in [3.05, 3.63) is 29.8 Å². The zero-order valence-corrected chi connectivity index (χ0v) is 11.1. The summed E-state index contributed by atoms with van der Waals surface area (Å²) in [5, 5.41) is 8.57. The van der Waals surface area contributed by atoms with E-state index in [1.54, 1.807) is 0 Å². The molecule has 0 amide bonds. The van der Waals surface area contributed by atoms with Crippen molar-refractivity contribution in [2.45, 2.75) is 38.6 Å². The van der Waals surface area contributed by atoms with E-state index >= 15 is 0 Å². The molecule has 0 fully saturated rings. The van der Waals surface area contributed by atoms with E-state index in [1.165, 1.54) is 5.56 Å². The van der Waals surface area contributed by atoms with Gasteiger partial charge in [0.05, 0.1) is 6.42 Å². The molecule has 0 heterocycles. The zero-order chi connectivity index (χ0) is 13.8. The van der Waals surface area contributed by atoms with Crippen molar-refractivity contribution in [2.75, 3.05) is 6.61 Å². The molecule has 4 heteroatoms. The van der Waals surface area contributed by atoms with Crippen molar-refractivity contribution in [3.63, 3.8) is 0 Å². The Kier molecular flexibility index (Phi) is 4.73. The number of hydrogen-bond donors (Lipinski definition) is 2. The summed E-state index contributed by atoms with van der Waals surface area (Å²) in [6.07, 6.45) is -0.0833. The number of carboxylic acids is 1. The molecule has 1 aromatic rings. The maximum atomic E-state index is 10.4. The highest BCUT2D eigenvalue weighted by Gasteiger charge is 2.13. The molecule has 0 spiro atoms. The van der Waals surface area contributed by atoms with Gasteiger partial charge in [0.1, 0.15) is 12.4 Å².